The van der Waals surface area contributed by atoms with Crippen LogP contribution >= 0.6 is 24.2 Å². The normalized spacial score (nSPS) is 16.2. The van der Waals surface area contributed by atoms with Crippen molar-refractivity contribution in [1.29, 1.82) is 0 Å². The van der Waals surface area contributed by atoms with Gasteiger partial charge in [-0.2, -0.15) is 0 Å². The lowest BCUT2D eigenvalue weighted by molar-refractivity contribution is 0.0986. The molecule has 0 unspecified atom stereocenters. The predicted octanol–water partition coefficient (Wildman–Crippen LogP) is 3.72. The number of likely N-dealkylation sites (N-methyl/N-ethyl adjacent to an activating group) is 1. The Balaban J connectivity index is 0.00000304. The number of anilines is 1. The van der Waals surface area contributed by atoms with Gasteiger partial charge in [0.2, 0.25) is 0 Å². The van der Waals surface area contributed by atoms with Crippen LogP contribution in [0.2, 0.25) is 0 Å². The fraction of sp³-hybridized carbons (Fsp3) is 0.360. The highest BCUT2D eigenvalue weighted by molar-refractivity contribution is 7.99. The quantitative estimate of drug-likeness (QED) is 0.210. The van der Waals surface area contributed by atoms with Gasteiger partial charge >= 0.3 is 0 Å². The van der Waals surface area contributed by atoms with Gasteiger partial charge in [0.05, 0.1) is 29.7 Å². The van der Waals surface area contributed by atoms with Crippen LogP contribution in [0.25, 0.3) is 16.6 Å². The SMILES string of the molecule is C/C(=N/OCCO)c1ccc2nnc(Sc3ccc4ncc(N5CC[C@H](N(C)C)C5)cc4c3)n2c1.Cl. The van der Waals surface area contributed by atoms with Crippen molar-refractivity contribution in [2.24, 2.45) is 5.16 Å². The van der Waals surface area contributed by atoms with Crippen LogP contribution in [-0.4, -0.2) is 81.7 Å². The molecule has 1 saturated heterocycles. The van der Waals surface area contributed by atoms with Gasteiger partial charge in [-0.1, -0.05) is 5.16 Å². The van der Waals surface area contributed by atoms with Crippen molar-refractivity contribution in [2.45, 2.75) is 29.4 Å². The molecule has 190 valence electrons. The fourth-order valence-electron chi connectivity index (χ4n) is 4.23. The van der Waals surface area contributed by atoms with E-state index >= 15 is 0 Å². The lowest BCUT2D eigenvalue weighted by Crippen LogP contribution is -2.31. The van der Waals surface area contributed by atoms with Crippen molar-refractivity contribution in [3.8, 4) is 0 Å². The average Bonchev–Trinajstić information content (AvgIpc) is 3.51. The first-order valence-corrected chi connectivity index (χ1v) is 12.4. The number of hydrogen-bond acceptors (Lipinski definition) is 9. The van der Waals surface area contributed by atoms with Crippen LogP contribution in [0, 0.1) is 0 Å². The van der Waals surface area contributed by atoms with Crippen molar-refractivity contribution >= 4 is 52.1 Å². The van der Waals surface area contributed by atoms with Gasteiger partial charge < -0.3 is 19.7 Å². The predicted molar refractivity (Wildman–Crippen MR) is 146 cm³/mol. The molecule has 0 spiro atoms. The van der Waals surface area contributed by atoms with E-state index < -0.39 is 0 Å². The minimum Gasteiger partial charge on any atom is -0.393 e. The molecule has 0 radical (unpaired) electrons. The summed E-state index contributed by atoms with van der Waals surface area (Å²) in [5.41, 5.74) is 4.51. The molecule has 3 aromatic heterocycles. The second-order valence-electron chi connectivity index (χ2n) is 8.86. The van der Waals surface area contributed by atoms with Crippen molar-refractivity contribution in [2.75, 3.05) is 45.3 Å². The molecule has 0 aliphatic carbocycles. The number of aromatic nitrogens is 4. The largest absolute Gasteiger partial charge is 0.393 e. The molecular formula is C25H30ClN7O2S. The molecule has 9 nitrogen and oxygen atoms in total. The minimum absolute atomic E-state index is 0. The Morgan fingerprint density at radius 2 is 2.08 bits per heavy atom. The van der Waals surface area contributed by atoms with Crippen molar-refractivity contribution in [3.05, 3.63) is 54.4 Å². The molecule has 5 rings (SSSR count). The molecule has 11 heteroatoms. The van der Waals surface area contributed by atoms with Gasteiger partial charge in [0.1, 0.15) is 6.61 Å². The van der Waals surface area contributed by atoms with Gasteiger partial charge in [-0.05, 0) is 75.6 Å². The summed E-state index contributed by atoms with van der Waals surface area (Å²) >= 11 is 1.56. The van der Waals surface area contributed by atoms with Crippen LogP contribution in [0.3, 0.4) is 0 Å². The number of pyridine rings is 2. The number of aliphatic hydroxyl groups is 1. The molecule has 1 N–H and O–H groups in total. The van der Waals surface area contributed by atoms with Gasteiger partial charge in [-0.3, -0.25) is 9.38 Å². The van der Waals surface area contributed by atoms with Gasteiger partial charge in [0, 0.05) is 41.2 Å². The number of rotatable bonds is 8. The zero-order valence-electron chi connectivity index (χ0n) is 20.5. The second kappa shape index (κ2) is 11.4. The van der Waals surface area contributed by atoms with Crippen LogP contribution < -0.4 is 4.90 Å². The smallest absolute Gasteiger partial charge is 0.200 e. The molecule has 1 atom stereocenters. The van der Waals surface area contributed by atoms with E-state index in [1.54, 1.807) is 11.8 Å². The number of aliphatic hydroxyl groups excluding tert-OH is 1. The molecule has 36 heavy (non-hydrogen) atoms. The number of nitrogens with zero attached hydrogens (tertiary/aromatic N) is 7. The maximum Gasteiger partial charge on any atom is 0.200 e. The number of benzene rings is 1. The minimum atomic E-state index is -0.0700. The Bertz CT molecular complexity index is 1380. The van der Waals surface area contributed by atoms with Gasteiger partial charge in [0.25, 0.3) is 0 Å². The number of hydrogen-bond donors (Lipinski definition) is 1. The summed E-state index contributed by atoms with van der Waals surface area (Å²) in [6, 6.07) is 12.9. The van der Waals surface area contributed by atoms with E-state index in [-0.39, 0.29) is 25.6 Å². The summed E-state index contributed by atoms with van der Waals surface area (Å²) in [5.74, 6) is 0. The number of halogens is 1. The Kier molecular flexibility index (Phi) is 8.30. The topological polar surface area (TPSA) is 91.4 Å². The lowest BCUT2D eigenvalue weighted by Gasteiger charge is -2.21. The molecular weight excluding hydrogens is 498 g/mol. The summed E-state index contributed by atoms with van der Waals surface area (Å²) in [4.78, 5) is 15.6. The van der Waals surface area contributed by atoms with E-state index in [1.165, 1.54) is 12.1 Å². The third-order valence-electron chi connectivity index (χ3n) is 6.28. The third kappa shape index (κ3) is 5.57. The second-order valence-corrected chi connectivity index (χ2v) is 9.90. The summed E-state index contributed by atoms with van der Waals surface area (Å²) in [6.07, 6.45) is 5.10. The molecule has 1 fully saturated rings. The molecule has 0 amide bonds. The first-order valence-electron chi connectivity index (χ1n) is 11.6. The van der Waals surface area contributed by atoms with E-state index in [1.807, 2.05) is 35.9 Å². The van der Waals surface area contributed by atoms with Crippen molar-refractivity contribution in [1.82, 2.24) is 24.5 Å². The van der Waals surface area contributed by atoms with Crippen LogP contribution in [0.4, 0.5) is 5.69 Å². The van der Waals surface area contributed by atoms with E-state index in [0.29, 0.717) is 11.8 Å². The van der Waals surface area contributed by atoms with Crippen molar-refractivity contribution < 1.29 is 9.94 Å². The fourth-order valence-corrected chi connectivity index (χ4v) is 5.09. The van der Waals surface area contributed by atoms with E-state index in [0.717, 1.165) is 45.3 Å². The van der Waals surface area contributed by atoms with Crippen molar-refractivity contribution in [3.63, 3.8) is 0 Å². The molecule has 4 aromatic rings. The zero-order valence-corrected chi connectivity index (χ0v) is 22.2. The molecule has 1 aliphatic rings. The van der Waals surface area contributed by atoms with Crippen LogP contribution in [0.5, 0.6) is 0 Å². The maximum atomic E-state index is 8.88. The van der Waals surface area contributed by atoms with E-state index in [2.05, 4.69) is 63.5 Å². The Morgan fingerprint density at radius 3 is 2.86 bits per heavy atom. The summed E-state index contributed by atoms with van der Waals surface area (Å²) < 4.78 is 1.95. The highest BCUT2D eigenvalue weighted by atomic mass is 35.5. The standard InChI is InChI=1S/C25H29N7O2S.ClH/c1-17(29-34-11-10-33)18-4-7-24-27-28-25(32(24)15-18)35-22-5-6-23-19(13-22)12-21(14-26-23)31-9-8-20(16-31)30(2)3;/h4-7,12-15,20,33H,8-11,16H2,1-3H3;1H/b29-17-;/t20-;/m0./s1. The average molecular weight is 528 g/mol. The first-order chi connectivity index (χ1) is 17.0. The summed E-state index contributed by atoms with van der Waals surface area (Å²) in [5, 5.41) is 23.5. The molecule has 0 bridgehead atoms. The first kappa shape index (κ1) is 26.2. The Labute approximate surface area is 220 Å². The van der Waals surface area contributed by atoms with Gasteiger partial charge in [-0.15, -0.1) is 22.6 Å². The summed E-state index contributed by atoms with van der Waals surface area (Å²) in [7, 11) is 4.29. The Hall–Kier alpha value is -2.92. The molecule has 4 heterocycles. The highest BCUT2D eigenvalue weighted by Gasteiger charge is 2.24. The van der Waals surface area contributed by atoms with Crippen LogP contribution in [-0.2, 0) is 4.84 Å². The van der Waals surface area contributed by atoms with Crippen LogP contribution in [0.15, 0.2) is 64.0 Å². The molecule has 1 aliphatic heterocycles. The zero-order chi connectivity index (χ0) is 24.4. The number of fused-ring (bicyclic) bond motifs is 2. The maximum absolute atomic E-state index is 8.88. The molecule has 0 saturated carbocycles. The molecule has 1 aromatic carbocycles. The van der Waals surface area contributed by atoms with Gasteiger partial charge in [0.15, 0.2) is 10.8 Å². The number of oxime groups is 1. The highest BCUT2D eigenvalue weighted by Crippen LogP contribution is 2.31. The van der Waals surface area contributed by atoms with Crippen LogP contribution in [0.1, 0.15) is 18.9 Å². The lowest BCUT2D eigenvalue weighted by atomic mass is 10.2. The van der Waals surface area contributed by atoms with Gasteiger partial charge in [-0.25, -0.2) is 0 Å². The monoisotopic (exact) mass is 527 g/mol. The van der Waals surface area contributed by atoms with E-state index in [9.17, 15) is 0 Å². The summed E-state index contributed by atoms with van der Waals surface area (Å²) in [6.45, 7) is 4.03. The Morgan fingerprint density at radius 1 is 1.22 bits per heavy atom. The third-order valence-corrected chi connectivity index (χ3v) is 7.23. The van der Waals surface area contributed by atoms with E-state index in [4.69, 9.17) is 14.9 Å².